The first-order valence-electron chi connectivity index (χ1n) is 11.9. The number of hydrogen-bond donors (Lipinski definition) is 3. The number of carbonyl (C=O) groups excluding carboxylic acids is 2. The molecule has 2 amide bonds. The molecule has 6 heterocycles. The lowest BCUT2D eigenvalue weighted by Crippen LogP contribution is -2.40. The molecule has 5 aromatic heterocycles. The molecule has 0 atom stereocenters. The first-order valence-corrected chi connectivity index (χ1v) is 11.9. The van der Waals surface area contributed by atoms with Crippen molar-refractivity contribution in [3.63, 3.8) is 0 Å². The largest absolute Gasteiger partial charge is 0.378 e. The van der Waals surface area contributed by atoms with Gasteiger partial charge in [0.2, 0.25) is 5.91 Å². The predicted octanol–water partition coefficient (Wildman–Crippen LogP) is 2.78. The SMILES string of the molecule is CCC(=O)Nc1cncc(-c2cnc3[nH]nc(-c4nc5c(C(=O)N6CCOCC6)ccnc5[nH]4)c3c2)c1. The summed E-state index contributed by atoms with van der Waals surface area (Å²) in [6.07, 6.45) is 6.99. The highest BCUT2D eigenvalue weighted by molar-refractivity contribution is 6.05. The van der Waals surface area contributed by atoms with Gasteiger partial charge < -0.3 is 19.9 Å². The van der Waals surface area contributed by atoms with Crippen LogP contribution in [0, 0.1) is 0 Å². The third-order valence-corrected chi connectivity index (χ3v) is 6.23. The Balaban J connectivity index is 1.38. The zero-order valence-corrected chi connectivity index (χ0v) is 20.0. The molecular formula is C25H23N9O3. The fourth-order valence-corrected chi connectivity index (χ4v) is 4.29. The van der Waals surface area contributed by atoms with Gasteiger partial charge in [-0.05, 0) is 18.2 Å². The molecule has 6 rings (SSSR count). The highest BCUT2D eigenvalue weighted by Crippen LogP contribution is 2.30. The Morgan fingerprint density at radius 1 is 1.08 bits per heavy atom. The quantitative estimate of drug-likeness (QED) is 0.335. The zero-order valence-electron chi connectivity index (χ0n) is 20.0. The van der Waals surface area contributed by atoms with E-state index >= 15 is 0 Å². The number of pyridine rings is 3. The molecule has 3 N–H and O–H groups in total. The summed E-state index contributed by atoms with van der Waals surface area (Å²) >= 11 is 0. The van der Waals surface area contributed by atoms with Crippen LogP contribution in [0.25, 0.3) is 44.8 Å². The van der Waals surface area contributed by atoms with Gasteiger partial charge in [0.05, 0.1) is 36.0 Å². The molecule has 1 aliphatic heterocycles. The van der Waals surface area contributed by atoms with Crippen LogP contribution in [0.5, 0.6) is 0 Å². The van der Waals surface area contributed by atoms with Gasteiger partial charge in [0.15, 0.2) is 17.1 Å². The summed E-state index contributed by atoms with van der Waals surface area (Å²) in [7, 11) is 0. The number of amides is 2. The third-order valence-electron chi connectivity index (χ3n) is 6.23. The molecule has 186 valence electrons. The van der Waals surface area contributed by atoms with Crippen LogP contribution in [0.1, 0.15) is 23.7 Å². The Labute approximate surface area is 210 Å². The van der Waals surface area contributed by atoms with Gasteiger partial charge in [-0.25, -0.2) is 15.0 Å². The molecule has 0 saturated carbocycles. The lowest BCUT2D eigenvalue weighted by Gasteiger charge is -2.26. The summed E-state index contributed by atoms with van der Waals surface area (Å²) in [5.74, 6) is 0.277. The standard InChI is InChI=1S/C25H23N9O3/c1-2-19(35)29-16-9-14(11-26-13-16)15-10-18-21(32-33-22(18)28-12-15)24-30-20-17(3-4-27-23(20)31-24)25(36)34-5-7-37-8-6-34/h3-4,9-13H,2,5-8H2,1H3,(H,29,35)(H,27,30,31)(H,28,32,33). The number of aromatic nitrogens is 7. The lowest BCUT2D eigenvalue weighted by molar-refractivity contribution is -0.115. The van der Waals surface area contributed by atoms with Crippen molar-refractivity contribution in [2.24, 2.45) is 0 Å². The molecule has 0 radical (unpaired) electrons. The lowest BCUT2D eigenvalue weighted by atomic mass is 10.1. The first kappa shape index (κ1) is 22.7. The van der Waals surface area contributed by atoms with Gasteiger partial charge >= 0.3 is 0 Å². The van der Waals surface area contributed by atoms with Crippen LogP contribution in [0.3, 0.4) is 0 Å². The number of hydrogen-bond acceptors (Lipinski definition) is 8. The molecule has 0 unspecified atom stereocenters. The summed E-state index contributed by atoms with van der Waals surface area (Å²) in [6.45, 7) is 3.90. The van der Waals surface area contributed by atoms with E-state index in [0.717, 1.165) is 16.5 Å². The second kappa shape index (κ2) is 9.39. The minimum atomic E-state index is -0.105. The van der Waals surface area contributed by atoms with Crippen molar-refractivity contribution < 1.29 is 14.3 Å². The van der Waals surface area contributed by atoms with Crippen LogP contribution >= 0.6 is 0 Å². The number of morpholine rings is 1. The van der Waals surface area contributed by atoms with E-state index in [1.807, 2.05) is 12.1 Å². The van der Waals surface area contributed by atoms with Gasteiger partial charge in [-0.15, -0.1) is 0 Å². The van der Waals surface area contributed by atoms with Gasteiger partial charge in [-0.2, -0.15) is 5.10 Å². The van der Waals surface area contributed by atoms with E-state index in [2.05, 4.69) is 35.5 Å². The van der Waals surface area contributed by atoms with Crippen molar-refractivity contribution in [2.45, 2.75) is 13.3 Å². The van der Waals surface area contributed by atoms with E-state index in [-0.39, 0.29) is 11.8 Å². The van der Waals surface area contributed by atoms with Crippen LogP contribution < -0.4 is 5.32 Å². The summed E-state index contributed by atoms with van der Waals surface area (Å²) < 4.78 is 5.37. The van der Waals surface area contributed by atoms with Crippen molar-refractivity contribution in [3.05, 3.63) is 48.5 Å². The fraction of sp³-hybridized carbons (Fsp3) is 0.240. The van der Waals surface area contributed by atoms with Crippen LogP contribution in [0.4, 0.5) is 5.69 Å². The molecule has 0 bridgehead atoms. The summed E-state index contributed by atoms with van der Waals surface area (Å²) in [5, 5.41) is 10.9. The number of H-pyrrole nitrogens is 2. The smallest absolute Gasteiger partial charge is 0.256 e. The third kappa shape index (κ3) is 4.27. The second-order valence-corrected chi connectivity index (χ2v) is 8.60. The van der Waals surface area contributed by atoms with Crippen LogP contribution in [0.2, 0.25) is 0 Å². The van der Waals surface area contributed by atoms with Crippen molar-refractivity contribution in [1.29, 1.82) is 0 Å². The zero-order chi connectivity index (χ0) is 25.4. The topological polar surface area (TPSA) is 155 Å². The van der Waals surface area contributed by atoms with Gasteiger partial charge in [-0.1, -0.05) is 6.92 Å². The number of nitrogens with one attached hydrogen (secondary N) is 3. The molecule has 0 aliphatic carbocycles. The summed E-state index contributed by atoms with van der Waals surface area (Å²) in [4.78, 5) is 47.8. The summed E-state index contributed by atoms with van der Waals surface area (Å²) in [6, 6.07) is 5.46. The van der Waals surface area contributed by atoms with E-state index in [1.165, 1.54) is 0 Å². The number of aromatic amines is 2. The fourth-order valence-electron chi connectivity index (χ4n) is 4.29. The highest BCUT2D eigenvalue weighted by Gasteiger charge is 2.23. The molecule has 5 aromatic rings. The van der Waals surface area contributed by atoms with Gasteiger partial charge in [0.25, 0.3) is 5.91 Å². The van der Waals surface area contributed by atoms with Crippen LogP contribution in [-0.4, -0.2) is 78.1 Å². The number of nitrogens with zero attached hydrogens (tertiary/aromatic N) is 6. The molecule has 1 fully saturated rings. The number of carbonyl (C=O) groups is 2. The molecule has 0 spiro atoms. The van der Waals surface area contributed by atoms with Gasteiger partial charge in [0, 0.05) is 49.2 Å². The van der Waals surface area contributed by atoms with Gasteiger partial charge in [-0.3, -0.25) is 19.7 Å². The Hall–Kier alpha value is -4.71. The van der Waals surface area contributed by atoms with E-state index in [0.29, 0.717) is 72.3 Å². The maximum Gasteiger partial charge on any atom is 0.256 e. The van der Waals surface area contributed by atoms with Crippen molar-refractivity contribution in [2.75, 3.05) is 31.6 Å². The van der Waals surface area contributed by atoms with E-state index in [9.17, 15) is 9.59 Å². The number of imidazole rings is 1. The van der Waals surface area contributed by atoms with Crippen molar-refractivity contribution >= 4 is 39.7 Å². The first-order chi connectivity index (χ1) is 18.1. The highest BCUT2D eigenvalue weighted by atomic mass is 16.5. The van der Waals surface area contributed by atoms with E-state index in [4.69, 9.17) is 9.72 Å². The normalized spacial score (nSPS) is 13.8. The Kier molecular flexibility index (Phi) is 5.77. The van der Waals surface area contributed by atoms with E-state index in [1.54, 1.807) is 42.7 Å². The monoisotopic (exact) mass is 497 g/mol. The van der Waals surface area contributed by atoms with Gasteiger partial charge in [0.1, 0.15) is 11.2 Å². The minimum Gasteiger partial charge on any atom is -0.378 e. The minimum absolute atomic E-state index is 0.0883. The molecule has 12 heteroatoms. The Morgan fingerprint density at radius 3 is 2.76 bits per heavy atom. The molecule has 37 heavy (non-hydrogen) atoms. The molecule has 12 nitrogen and oxygen atoms in total. The number of fused-ring (bicyclic) bond motifs is 2. The molecule has 1 aliphatic rings. The molecular weight excluding hydrogens is 474 g/mol. The maximum atomic E-state index is 13.2. The molecule has 1 saturated heterocycles. The predicted molar refractivity (Wildman–Crippen MR) is 136 cm³/mol. The van der Waals surface area contributed by atoms with E-state index < -0.39 is 0 Å². The average Bonchev–Trinajstić information content (AvgIpc) is 3.57. The number of ether oxygens (including phenoxy) is 1. The van der Waals surface area contributed by atoms with Crippen LogP contribution in [-0.2, 0) is 9.53 Å². The van der Waals surface area contributed by atoms with Crippen LogP contribution in [0.15, 0.2) is 43.0 Å². The molecule has 0 aromatic carbocycles. The second-order valence-electron chi connectivity index (χ2n) is 8.60. The van der Waals surface area contributed by atoms with Crippen molar-refractivity contribution in [1.82, 2.24) is 40.0 Å². The maximum absolute atomic E-state index is 13.2. The average molecular weight is 498 g/mol. The Bertz CT molecular complexity index is 1640. The number of rotatable bonds is 5. The Morgan fingerprint density at radius 2 is 1.92 bits per heavy atom. The van der Waals surface area contributed by atoms with Crippen molar-refractivity contribution in [3.8, 4) is 22.6 Å². The summed E-state index contributed by atoms with van der Waals surface area (Å²) in [5.41, 5.74) is 4.79. The number of anilines is 1.